The number of carbonyl (C=O) groups excluding carboxylic acids is 1. The molecule has 0 unspecified atom stereocenters. The molecule has 1 aliphatic rings. The summed E-state index contributed by atoms with van der Waals surface area (Å²) >= 11 is 0. The van der Waals surface area contributed by atoms with Crippen molar-refractivity contribution in [3.63, 3.8) is 0 Å². The van der Waals surface area contributed by atoms with Crippen LogP contribution in [0, 0.1) is 6.92 Å². The molecule has 0 radical (unpaired) electrons. The molecule has 0 spiro atoms. The van der Waals surface area contributed by atoms with Crippen molar-refractivity contribution in [1.82, 2.24) is 20.4 Å². The van der Waals surface area contributed by atoms with E-state index in [2.05, 4.69) is 15.5 Å². The number of carbonyl (C=O) groups is 1. The Labute approximate surface area is 145 Å². The predicted octanol–water partition coefficient (Wildman–Crippen LogP) is 2.22. The molecule has 0 saturated carbocycles. The van der Waals surface area contributed by atoms with Gasteiger partial charge in [-0.25, -0.2) is 9.18 Å². The summed E-state index contributed by atoms with van der Waals surface area (Å²) in [6, 6.07) is 9.30. The van der Waals surface area contributed by atoms with Crippen molar-refractivity contribution in [2.75, 3.05) is 13.1 Å². The Morgan fingerprint density at radius 3 is 2.96 bits per heavy atom. The van der Waals surface area contributed by atoms with E-state index in [1.165, 1.54) is 0 Å². The molecule has 0 bridgehead atoms. The van der Waals surface area contributed by atoms with E-state index in [-0.39, 0.29) is 12.6 Å². The van der Waals surface area contributed by atoms with Gasteiger partial charge in [0, 0.05) is 26.1 Å². The number of aryl methyl sites for hydroxylation is 1. The molecular formula is C17H21FN4O3. The number of halogens is 1. The molecule has 1 N–H and O–H groups in total. The van der Waals surface area contributed by atoms with E-state index in [0.717, 1.165) is 5.56 Å². The number of nitrogens with one attached hydrogen (secondary N) is 1. The molecule has 2 aromatic rings. The van der Waals surface area contributed by atoms with Crippen molar-refractivity contribution in [2.45, 2.75) is 38.7 Å². The van der Waals surface area contributed by atoms with Crippen LogP contribution in [0.1, 0.15) is 23.7 Å². The number of amides is 1. The SMILES string of the molecule is Cc1nc(CN2C[C@@H](F)C[C@H]2CNC(=O)OCc2ccccc2)no1. The van der Waals surface area contributed by atoms with Crippen molar-refractivity contribution < 1.29 is 18.4 Å². The summed E-state index contributed by atoms with van der Waals surface area (Å²) < 4.78 is 23.9. The minimum atomic E-state index is -0.930. The summed E-state index contributed by atoms with van der Waals surface area (Å²) in [7, 11) is 0. The zero-order valence-corrected chi connectivity index (χ0v) is 14.0. The second-order valence-corrected chi connectivity index (χ2v) is 6.09. The maximum atomic E-state index is 13.8. The highest BCUT2D eigenvalue weighted by Crippen LogP contribution is 2.21. The molecule has 1 aromatic carbocycles. The molecule has 1 amide bonds. The van der Waals surface area contributed by atoms with Crippen molar-refractivity contribution in [3.05, 3.63) is 47.6 Å². The Balaban J connectivity index is 1.46. The molecule has 2 atom stereocenters. The summed E-state index contributed by atoms with van der Waals surface area (Å²) in [5, 5.41) is 6.54. The molecule has 1 aromatic heterocycles. The highest BCUT2D eigenvalue weighted by atomic mass is 19.1. The minimum Gasteiger partial charge on any atom is -0.445 e. The number of ether oxygens (including phenoxy) is 1. The maximum Gasteiger partial charge on any atom is 0.407 e. The molecule has 0 aliphatic carbocycles. The molecule has 8 heteroatoms. The van der Waals surface area contributed by atoms with Gasteiger partial charge in [0.25, 0.3) is 0 Å². The normalized spacial score (nSPS) is 20.6. The molecular weight excluding hydrogens is 327 g/mol. The standard InChI is InChI=1S/C17H21FN4O3/c1-12-20-16(21-25-12)10-22-9-14(18)7-15(22)8-19-17(23)24-11-13-5-3-2-4-6-13/h2-6,14-15H,7-11H2,1H3,(H,19,23)/t14-,15-/m0/s1. The Morgan fingerprint density at radius 2 is 2.24 bits per heavy atom. The third-order valence-corrected chi connectivity index (χ3v) is 4.09. The van der Waals surface area contributed by atoms with Gasteiger partial charge in [-0.05, 0) is 12.0 Å². The van der Waals surface area contributed by atoms with Crippen molar-refractivity contribution >= 4 is 6.09 Å². The highest BCUT2D eigenvalue weighted by Gasteiger charge is 2.33. The number of likely N-dealkylation sites (tertiary alicyclic amines) is 1. The van der Waals surface area contributed by atoms with Crippen LogP contribution in [-0.2, 0) is 17.9 Å². The van der Waals surface area contributed by atoms with Crippen molar-refractivity contribution in [3.8, 4) is 0 Å². The Hall–Kier alpha value is -2.48. The van der Waals surface area contributed by atoms with Crippen LogP contribution in [0.3, 0.4) is 0 Å². The van der Waals surface area contributed by atoms with Crippen LogP contribution < -0.4 is 5.32 Å². The Kier molecular flexibility index (Phi) is 5.60. The third-order valence-electron chi connectivity index (χ3n) is 4.09. The molecule has 1 fully saturated rings. The smallest absolute Gasteiger partial charge is 0.407 e. The molecule has 7 nitrogen and oxygen atoms in total. The summed E-state index contributed by atoms with van der Waals surface area (Å²) in [4.78, 5) is 17.9. The summed E-state index contributed by atoms with van der Waals surface area (Å²) in [6.07, 6.45) is -1.09. The lowest BCUT2D eigenvalue weighted by Crippen LogP contribution is -2.40. The van der Waals surface area contributed by atoms with Gasteiger partial charge in [-0.1, -0.05) is 35.5 Å². The van der Waals surface area contributed by atoms with Crippen LogP contribution in [0.4, 0.5) is 9.18 Å². The molecule has 134 valence electrons. The molecule has 1 aliphatic heterocycles. The lowest BCUT2D eigenvalue weighted by atomic mass is 10.2. The van der Waals surface area contributed by atoms with Crippen LogP contribution >= 0.6 is 0 Å². The zero-order chi connectivity index (χ0) is 17.6. The quantitative estimate of drug-likeness (QED) is 0.862. The van der Waals surface area contributed by atoms with Gasteiger partial charge in [0.15, 0.2) is 5.82 Å². The molecule has 2 heterocycles. The van der Waals surface area contributed by atoms with E-state index < -0.39 is 12.3 Å². The Bertz CT molecular complexity index is 694. The number of aromatic nitrogens is 2. The number of hydrogen-bond acceptors (Lipinski definition) is 6. The lowest BCUT2D eigenvalue weighted by molar-refractivity contribution is 0.135. The third kappa shape index (κ3) is 4.99. The van der Waals surface area contributed by atoms with Gasteiger partial charge in [-0.2, -0.15) is 4.98 Å². The van der Waals surface area contributed by atoms with Crippen LogP contribution in [0.5, 0.6) is 0 Å². The minimum absolute atomic E-state index is 0.127. The van der Waals surface area contributed by atoms with E-state index in [4.69, 9.17) is 9.26 Å². The second kappa shape index (κ2) is 8.06. The van der Waals surface area contributed by atoms with Gasteiger partial charge in [0.2, 0.25) is 5.89 Å². The van der Waals surface area contributed by atoms with Gasteiger partial charge in [-0.15, -0.1) is 0 Å². The number of hydrogen-bond donors (Lipinski definition) is 1. The molecule has 1 saturated heterocycles. The van der Waals surface area contributed by atoms with Crippen LogP contribution in [0.25, 0.3) is 0 Å². The molecule has 25 heavy (non-hydrogen) atoms. The first-order chi connectivity index (χ1) is 12.1. The van der Waals surface area contributed by atoms with E-state index in [9.17, 15) is 9.18 Å². The van der Waals surface area contributed by atoms with E-state index in [1.54, 1.807) is 6.92 Å². The van der Waals surface area contributed by atoms with E-state index in [0.29, 0.717) is 37.8 Å². The number of nitrogens with zero attached hydrogens (tertiary/aromatic N) is 3. The first kappa shape index (κ1) is 17.3. The Morgan fingerprint density at radius 1 is 1.44 bits per heavy atom. The van der Waals surface area contributed by atoms with E-state index >= 15 is 0 Å². The predicted molar refractivity (Wildman–Crippen MR) is 87.4 cm³/mol. The largest absolute Gasteiger partial charge is 0.445 e. The average Bonchev–Trinajstić information content (AvgIpc) is 3.17. The number of alkyl halides is 1. The lowest BCUT2D eigenvalue weighted by Gasteiger charge is -2.22. The van der Waals surface area contributed by atoms with Gasteiger partial charge < -0.3 is 14.6 Å². The van der Waals surface area contributed by atoms with Gasteiger partial charge in [0.1, 0.15) is 12.8 Å². The fourth-order valence-electron chi connectivity index (χ4n) is 2.89. The zero-order valence-electron chi connectivity index (χ0n) is 14.0. The van der Waals surface area contributed by atoms with Crippen LogP contribution in [0.2, 0.25) is 0 Å². The first-order valence-corrected chi connectivity index (χ1v) is 8.22. The molecule has 3 rings (SSSR count). The number of benzene rings is 1. The van der Waals surface area contributed by atoms with Gasteiger partial charge in [0.05, 0.1) is 6.54 Å². The van der Waals surface area contributed by atoms with Crippen molar-refractivity contribution in [2.24, 2.45) is 0 Å². The summed E-state index contributed by atoms with van der Waals surface area (Å²) in [5.74, 6) is 0.994. The van der Waals surface area contributed by atoms with E-state index in [1.807, 2.05) is 35.2 Å². The fourth-order valence-corrected chi connectivity index (χ4v) is 2.89. The summed E-state index contributed by atoms with van der Waals surface area (Å²) in [5.41, 5.74) is 0.913. The van der Waals surface area contributed by atoms with Crippen molar-refractivity contribution in [1.29, 1.82) is 0 Å². The van der Waals surface area contributed by atoms with Gasteiger partial charge in [-0.3, -0.25) is 4.90 Å². The highest BCUT2D eigenvalue weighted by molar-refractivity contribution is 5.67. The fraction of sp³-hybridized carbons (Fsp3) is 0.471. The number of rotatable bonds is 6. The van der Waals surface area contributed by atoms with Crippen LogP contribution in [-0.4, -0.2) is 46.4 Å². The average molecular weight is 348 g/mol. The first-order valence-electron chi connectivity index (χ1n) is 8.22. The number of alkyl carbamates (subject to hydrolysis) is 1. The monoisotopic (exact) mass is 348 g/mol. The summed E-state index contributed by atoms with van der Waals surface area (Å²) in [6.45, 7) is 2.90. The maximum absolute atomic E-state index is 13.8. The second-order valence-electron chi connectivity index (χ2n) is 6.09. The van der Waals surface area contributed by atoms with Gasteiger partial charge >= 0.3 is 6.09 Å². The van der Waals surface area contributed by atoms with Crippen LogP contribution in [0.15, 0.2) is 34.9 Å². The topological polar surface area (TPSA) is 80.5 Å².